The van der Waals surface area contributed by atoms with Crippen molar-refractivity contribution in [2.45, 2.75) is 18.9 Å². The summed E-state index contributed by atoms with van der Waals surface area (Å²) in [5, 5.41) is 8.55. The van der Waals surface area contributed by atoms with Crippen molar-refractivity contribution >= 4 is 11.6 Å². The maximum atomic E-state index is 12.9. The highest BCUT2D eigenvalue weighted by molar-refractivity contribution is 5.78. The smallest absolute Gasteiger partial charge is 0.261 e. The number of carbonyl (C=O) groups is 1. The maximum absolute atomic E-state index is 12.9. The quantitative estimate of drug-likeness (QED) is 0.478. The molecule has 4 aromatic rings. The van der Waals surface area contributed by atoms with E-state index in [1.54, 1.807) is 36.5 Å². The van der Waals surface area contributed by atoms with E-state index < -0.39 is 0 Å². The van der Waals surface area contributed by atoms with Crippen molar-refractivity contribution in [3.63, 3.8) is 0 Å². The molecule has 4 heterocycles. The van der Waals surface area contributed by atoms with Crippen molar-refractivity contribution in [2.24, 2.45) is 0 Å². The summed E-state index contributed by atoms with van der Waals surface area (Å²) in [6.07, 6.45) is 5.39. The lowest BCUT2D eigenvalue weighted by atomic mass is 10.2. The molecule has 8 heteroatoms. The molecule has 1 aliphatic rings. The summed E-state index contributed by atoms with van der Waals surface area (Å²) in [4.78, 5) is 18.8. The number of likely N-dealkylation sites (tertiary alicyclic amines) is 1. The lowest BCUT2D eigenvalue weighted by Crippen LogP contribution is -2.35. The number of amides is 1. The number of nitrogens with zero attached hydrogens (tertiary/aromatic N) is 5. The summed E-state index contributed by atoms with van der Waals surface area (Å²) in [5.74, 6) is 2.50. The Kier molecular flexibility index (Phi) is 5.18. The molecular weight excluding hydrogens is 394 g/mol. The normalized spacial score (nSPS) is 15.9. The molecule has 156 valence electrons. The van der Waals surface area contributed by atoms with E-state index >= 15 is 0 Å². The Morgan fingerprint density at radius 2 is 1.84 bits per heavy atom. The second-order valence-corrected chi connectivity index (χ2v) is 7.26. The van der Waals surface area contributed by atoms with Crippen LogP contribution >= 0.6 is 0 Å². The monoisotopic (exact) mass is 415 g/mol. The number of fused-ring (bicyclic) bond motifs is 1. The average molecular weight is 415 g/mol. The number of pyridine rings is 2. The van der Waals surface area contributed by atoms with Crippen molar-refractivity contribution in [3.05, 3.63) is 78.9 Å². The molecule has 1 aliphatic heterocycles. The standard InChI is InChI=1S/C23H21N5O3/c29-22(16-30-17-9-11-18(12-10-17)31-21-8-1-3-13-24-21)27-15-5-6-19(27)23-26-25-20-7-2-4-14-28(20)23/h1-4,7-14,19H,5-6,15-16H2/t19-/m1/s1. The van der Waals surface area contributed by atoms with E-state index in [0.29, 0.717) is 23.9 Å². The zero-order valence-corrected chi connectivity index (χ0v) is 16.8. The van der Waals surface area contributed by atoms with E-state index in [2.05, 4.69) is 15.2 Å². The van der Waals surface area contributed by atoms with E-state index in [-0.39, 0.29) is 18.6 Å². The van der Waals surface area contributed by atoms with Crippen molar-refractivity contribution in [1.82, 2.24) is 24.5 Å². The van der Waals surface area contributed by atoms with Gasteiger partial charge >= 0.3 is 0 Å². The first-order valence-electron chi connectivity index (χ1n) is 10.2. The van der Waals surface area contributed by atoms with Crippen LogP contribution in [0, 0.1) is 0 Å². The molecule has 8 nitrogen and oxygen atoms in total. The van der Waals surface area contributed by atoms with E-state index in [1.807, 2.05) is 45.8 Å². The second-order valence-electron chi connectivity index (χ2n) is 7.26. The summed E-state index contributed by atoms with van der Waals surface area (Å²) in [6, 6.07) is 18.3. The van der Waals surface area contributed by atoms with Gasteiger partial charge in [-0.3, -0.25) is 9.20 Å². The molecule has 0 radical (unpaired) electrons. The highest BCUT2D eigenvalue weighted by Gasteiger charge is 2.33. The van der Waals surface area contributed by atoms with Crippen LogP contribution in [0.5, 0.6) is 17.4 Å². The average Bonchev–Trinajstić information content (AvgIpc) is 3.46. The molecule has 1 saturated heterocycles. The van der Waals surface area contributed by atoms with Gasteiger partial charge in [0.1, 0.15) is 11.5 Å². The van der Waals surface area contributed by atoms with Crippen LogP contribution in [0.15, 0.2) is 73.1 Å². The van der Waals surface area contributed by atoms with Gasteiger partial charge in [-0.15, -0.1) is 10.2 Å². The van der Waals surface area contributed by atoms with Gasteiger partial charge in [0, 0.05) is 25.0 Å². The number of ether oxygens (including phenoxy) is 2. The molecule has 0 bridgehead atoms. The zero-order valence-electron chi connectivity index (χ0n) is 16.8. The molecule has 0 N–H and O–H groups in total. The summed E-state index contributed by atoms with van der Waals surface area (Å²) >= 11 is 0. The molecule has 0 spiro atoms. The third-order valence-electron chi connectivity index (χ3n) is 5.26. The third-order valence-corrected chi connectivity index (χ3v) is 5.26. The number of rotatable bonds is 6. The SMILES string of the molecule is O=C(COc1ccc(Oc2ccccn2)cc1)N1CCC[C@@H]1c1nnc2ccccn12. The Hall–Kier alpha value is -3.94. The molecule has 0 saturated carbocycles. The largest absolute Gasteiger partial charge is 0.484 e. The lowest BCUT2D eigenvalue weighted by molar-refractivity contribution is -0.134. The number of benzene rings is 1. The van der Waals surface area contributed by atoms with Gasteiger partial charge in [-0.05, 0) is 55.3 Å². The van der Waals surface area contributed by atoms with Gasteiger partial charge in [-0.1, -0.05) is 12.1 Å². The highest BCUT2D eigenvalue weighted by Crippen LogP contribution is 2.31. The first-order valence-corrected chi connectivity index (χ1v) is 10.2. The number of hydrogen-bond acceptors (Lipinski definition) is 6. The van der Waals surface area contributed by atoms with Gasteiger partial charge in [-0.25, -0.2) is 4.98 Å². The van der Waals surface area contributed by atoms with Crippen molar-refractivity contribution in [1.29, 1.82) is 0 Å². The number of hydrogen-bond donors (Lipinski definition) is 0. The van der Waals surface area contributed by atoms with E-state index in [1.165, 1.54) is 0 Å². The topological polar surface area (TPSA) is 81.9 Å². The Morgan fingerprint density at radius 3 is 2.68 bits per heavy atom. The van der Waals surface area contributed by atoms with Gasteiger partial charge < -0.3 is 14.4 Å². The Bertz CT molecular complexity index is 1180. The van der Waals surface area contributed by atoms with Gasteiger partial charge in [0.05, 0.1) is 6.04 Å². The maximum Gasteiger partial charge on any atom is 0.261 e. The molecule has 1 atom stereocenters. The van der Waals surface area contributed by atoms with Gasteiger partial charge in [0.25, 0.3) is 5.91 Å². The van der Waals surface area contributed by atoms with Gasteiger partial charge in [-0.2, -0.15) is 0 Å². The zero-order chi connectivity index (χ0) is 21.0. The fourth-order valence-corrected chi connectivity index (χ4v) is 3.78. The molecule has 31 heavy (non-hydrogen) atoms. The Balaban J connectivity index is 1.22. The first-order chi connectivity index (χ1) is 15.3. The predicted octanol–water partition coefficient (Wildman–Crippen LogP) is 3.66. The summed E-state index contributed by atoms with van der Waals surface area (Å²) < 4.78 is 13.3. The fraction of sp³-hybridized carbons (Fsp3) is 0.217. The Labute approximate surface area is 179 Å². The van der Waals surface area contributed by atoms with Crippen LogP contribution in [-0.2, 0) is 4.79 Å². The van der Waals surface area contributed by atoms with Crippen molar-refractivity contribution < 1.29 is 14.3 Å². The van der Waals surface area contributed by atoms with Crippen LogP contribution in [0.2, 0.25) is 0 Å². The third kappa shape index (κ3) is 4.05. The first kappa shape index (κ1) is 19.0. The van der Waals surface area contributed by atoms with Crippen LogP contribution in [0.3, 0.4) is 0 Å². The Morgan fingerprint density at radius 1 is 1.00 bits per heavy atom. The predicted molar refractivity (Wildman–Crippen MR) is 113 cm³/mol. The molecule has 0 aliphatic carbocycles. The minimum atomic E-state index is -0.0948. The van der Waals surface area contributed by atoms with E-state index in [0.717, 1.165) is 24.3 Å². The number of carbonyl (C=O) groups excluding carboxylic acids is 1. The minimum absolute atomic E-state index is 0.0340. The van der Waals surface area contributed by atoms with Crippen molar-refractivity contribution in [3.8, 4) is 17.4 Å². The molecule has 0 unspecified atom stereocenters. The fourth-order valence-electron chi connectivity index (χ4n) is 3.78. The van der Waals surface area contributed by atoms with Crippen LogP contribution in [0.4, 0.5) is 0 Å². The van der Waals surface area contributed by atoms with Crippen LogP contribution in [-0.4, -0.2) is 43.5 Å². The van der Waals surface area contributed by atoms with Gasteiger partial charge in [0.15, 0.2) is 18.1 Å². The molecule has 5 rings (SSSR count). The summed E-state index contributed by atoms with van der Waals surface area (Å²) in [5.41, 5.74) is 0.779. The number of aromatic nitrogens is 4. The highest BCUT2D eigenvalue weighted by atomic mass is 16.5. The van der Waals surface area contributed by atoms with Crippen molar-refractivity contribution in [2.75, 3.05) is 13.2 Å². The van der Waals surface area contributed by atoms with E-state index in [9.17, 15) is 4.79 Å². The second kappa shape index (κ2) is 8.43. The van der Waals surface area contributed by atoms with Crippen LogP contribution in [0.1, 0.15) is 24.7 Å². The minimum Gasteiger partial charge on any atom is -0.484 e. The molecule has 1 amide bonds. The summed E-state index contributed by atoms with van der Waals surface area (Å²) in [7, 11) is 0. The lowest BCUT2D eigenvalue weighted by Gasteiger charge is -2.23. The molecular formula is C23H21N5O3. The van der Waals surface area contributed by atoms with Crippen LogP contribution in [0.25, 0.3) is 5.65 Å². The molecule has 3 aromatic heterocycles. The molecule has 1 fully saturated rings. The van der Waals surface area contributed by atoms with Gasteiger partial charge in [0.2, 0.25) is 5.88 Å². The summed E-state index contributed by atoms with van der Waals surface area (Å²) in [6.45, 7) is 0.652. The van der Waals surface area contributed by atoms with Crippen LogP contribution < -0.4 is 9.47 Å². The molecule has 1 aromatic carbocycles. The van der Waals surface area contributed by atoms with E-state index in [4.69, 9.17) is 9.47 Å².